The van der Waals surface area contributed by atoms with E-state index in [1.165, 1.54) is 22.3 Å². The van der Waals surface area contributed by atoms with Gasteiger partial charge in [0.05, 0.1) is 5.52 Å². The number of benzene rings is 1. The van der Waals surface area contributed by atoms with Gasteiger partial charge in [-0.3, -0.25) is 4.98 Å². The second-order valence-corrected chi connectivity index (χ2v) is 3.96. The molecule has 16 heavy (non-hydrogen) atoms. The molecule has 2 heteroatoms. The molecule has 1 aromatic heterocycles. The highest BCUT2D eigenvalue weighted by Gasteiger charge is 2.09. The lowest BCUT2D eigenvalue weighted by atomic mass is 10.1. The van der Waals surface area contributed by atoms with Gasteiger partial charge < -0.3 is 5.32 Å². The molecule has 2 aromatic rings. The highest BCUT2D eigenvalue weighted by Crippen LogP contribution is 2.27. The van der Waals surface area contributed by atoms with E-state index in [-0.39, 0.29) is 0 Å². The number of nitrogens with zero attached hydrogens (tertiary/aromatic N) is 1. The Morgan fingerprint density at radius 2 is 1.94 bits per heavy atom. The van der Waals surface area contributed by atoms with Gasteiger partial charge in [-0.2, -0.15) is 0 Å². The predicted octanol–water partition coefficient (Wildman–Crippen LogP) is 3.54. The van der Waals surface area contributed by atoms with Crippen LogP contribution in [-0.2, 0) is 6.42 Å². The highest BCUT2D eigenvalue weighted by molar-refractivity contribution is 5.93. The Hall–Kier alpha value is -1.57. The van der Waals surface area contributed by atoms with Crippen molar-refractivity contribution in [3.05, 3.63) is 35.5 Å². The molecule has 1 heterocycles. The molecular formula is C14H18N2. The first-order valence-electron chi connectivity index (χ1n) is 5.90. The maximum absolute atomic E-state index is 4.70. The number of anilines is 1. The molecule has 1 aromatic carbocycles. The summed E-state index contributed by atoms with van der Waals surface area (Å²) in [6.45, 7) is 7.37. The molecule has 0 aliphatic carbocycles. The Labute approximate surface area is 96.7 Å². The Kier molecular flexibility index (Phi) is 3.09. The van der Waals surface area contributed by atoms with Crippen molar-refractivity contribution in [2.24, 2.45) is 0 Å². The van der Waals surface area contributed by atoms with E-state index in [1.807, 2.05) is 6.07 Å². The molecule has 0 saturated carbocycles. The summed E-state index contributed by atoms with van der Waals surface area (Å²) >= 11 is 0. The van der Waals surface area contributed by atoms with Crippen molar-refractivity contribution in [3.8, 4) is 0 Å². The van der Waals surface area contributed by atoms with Crippen LogP contribution in [0.3, 0.4) is 0 Å². The van der Waals surface area contributed by atoms with E-state index in [4.69, 9.17) is 4.98 Å². The van der Waals surface area contributed by atoms with Gasteiger partial charge in [-0.1, -0.05) is 25.1 Å². The zero-order chi connectivity index (χ0) is 11.5. The van der Waals surface area contributed by atoms with E-state index in [1.54, 1.807) is 0 Å². The molecule has 0 saturated heterocycles. The van der Waals surface area contributed by atoms with Crippen LogP contribution in [-0.4, -0.2) is 11.5 Å². The number of rotatable bonds is 3. The van der Waals surface area contributed by atoms with Crippen LogP contribution < -0.4 is 5.32 Å². The number of pyridine rings is 1. The van der Waals surface area contributed by atoms with Crippen molar-refractivity contribution >= 4 is 16.6 Å². The fourth-order valence-corrected chi connectivity index (χ4v) is 2.11. The molecule has 0 amide bonds. The summed E-state index contributed by atoms with van der Waals surface area (Å²) in [6.07, 6.45) is 0.981. The monoisotopic (exact) mass is 214 g/mol. The van der Waals surface area contributed by atoms with Crippen molar-refractivity contribution in [1.29, 1.82) is 0 Å². The van der Waals surface area contributed by atoms with Gasteiger partial charge in [-0.05, 0) is 31.9 Å². The van der Waals surface area contributed by atoms with Crippen LogP contribution in [0.2, 0.25) is 0 Å². The van der Waals surface area contributed by atoms with Gasteiger partial charge in [0.25, 0.3) is 0 Å². The Morgan fingerprint density at radius 1 is 1.19 bits per heavy atom. The van der Waals surface area contributed by atoms with Gasteiger partial charge in [-0.25, -0.2) is 0 Å². The third-order valence-electron chi connectivity index (χ3n) is 2.93. The molecule has 0 spiro atoms. The smallest absolute Gasteiger partial charge is 0.0726 e. The zero-order valence-corrected chi connectivity index (χ0v) is 10.2. The van der Waals surface area contributed by atoms with Crippen LogP contribution in [0.5, 0.6) is 0 Å². The topological polar surface area (TPSA) is 24.9 Å². The predicted molar refractivity (Wildman–Crippen MR) is 70.0 cm³/mol. The molecular weight excluding hydrogens is 196 g/mol. The van der Waals surface area contributed by atoms with Crippen molar-refractivity contribution in [3.63, 3.8) is 0 Å². The summed E-state index contributed by atoms with van der Waals surface area (Å²) in [5.74, 6) is 0. The summed E-state index contributed by atoms with van der Waals surface area (Å²) in [5.41, 5.74) is 4.79. The fraction of sp³-hybridized carbons (Fsp3) is 0.357. The Balaban J connectivity index is 2.74. The van der Waals surface area contributed by atoms with E-state index in [9.17, 15) is 0 Å². The molecule has 0 fully saturated rings. The van der Waals surface area contributed by atoms with Crippen LogP contribution in [0.4, 0.5) is 5.69 Å². The minimum Gasteiger partial charge on any atom is -0.385 e. The van der Waals surface area contributed by atoms with Gasteiger partial charge in [0, 0.05) is 23.3 Å². The molecule has 2 rings (SSSR count). The largest absolute Gasteiger partial charge is 0.385 e. The number of aromatic nitrogens is 1. The lowest BCUT2D eigenvalue weighted by molar-refractivity contribution is 1.03. The third kappa shape index (κ3) is 1.75. The molecule has 1 N–H and O–H groups in total. The van der Waals surface area contributed by atoms with Crippen LogP contribution in [0.15, 0.2) is 24.3 Å². The maximum Gasteiger partial charge on any atom is 0.0726 e. The first-order valence-corrected chi connectivity index (χ1v) is 5.90. The molecule has 0 radical (unpaired) electrons. The van der Waals surface area contributed by atoms with Gasteiger partial charge in [0.1, 0.15) is 0 Å². The molecule has 2 nitrogen and oxygen atoms in total. The zero-order valence-electron chi connectivity index (χ0n) is 10.2. The Morgan fingerprint density at radius 3 is 2.62 bits per heavy atom. The van der Waals surface area contributed by atoms with E-state index >= 15 is 0 Å². The minimum absolute atomic E-state index is 0.942. The first kappa shape index (κ1) is 10.9. The molecule has 0 aliphatic heterocycles. The van der Waals surface area contributed by atoms with E-state index in [0.29, 0.717) is 0 Å². The number of hydrogen-bond donors (Lipinski definition) is 1. The van der Waals surface area contributed by atoms with Crippen molar-refractivity contribution < 1.29 is 0 Å². The lowest BCUT2D eigenvalue weighted by Gasteiger charge is -2.14. The summed E-state index contributed by atoms with van der Waals surface area (Å²) in [4.78, 5) is 4.70. The lowest BCUT2D eigenvalue weighted by Crippen LogP contribution is -2.04. The SMILES string of the molecule is CCNc1c(C)c(CC)nc2ccccc12. The summed E-state index contributed by atoms with van der Waals surface area (Å²) in [7, 11) is 0. The van der Waals surface area contributed by atoms with E-state index < -0.39 is 0 Å². The minimum atomic E-state index is 0.942. The second-order valence-electron chi connectivity index (χ2n) is 3.96. The normalized spacial score (nSPS) is 10.7. The van der Waals surface area contributed by atoms with Gasteiger partial charge >= 0.3 is 0 Å². The second kappa shape index (κ2) is 4.52. The van der Waals surface area contributed by atoms with Crippen molar-refractivity contribution in [2.45, 2.75) is 27.2 Å². The fourth-order valence-electron chi connectivity index (χ4n) is 2.11. The van der Waals surface area contributed by atoms with Crippen LogP contribution in [0, 0.1) is 6.92 Å². The molecule has 84 valence electrons. The summed E-state index contributed by atoms with van der Waals surface area (Å²) < 4.78 is 0. The van der Waals surface area contributed by atoms with Crippen molar-refractivity contribution in [2.75, 3.05) is 11.9 Å². The Bertz CT molecular complexity index is 503. The molecule has 0 atom stereocenters. The first-order chi connectivity index (χ1) is 7.77. The van der Waals surface area contributed by atoms with Crippen molar-refractivity contribution in [1.82, 2.24) is 4.98 Å². The number of aryl methyl sites for hydroxylation is 1. The molecule has 0 unspecified atom stereocenters. The third-order valence-corrected chi connectivity index (χ3v) is 2.93. The highest BCUT2D eigenvalue weighted by atomic mass is 14.9. The van der Waals surface area contributed by atoms with Gasteiger partial charge in [-0.15, -0.1) is 0 Å². The summed E-state index contributed by atoms with van der Waals surface area (Å²) in [6, 6.07) is 8.32. The van der Waals surface area contributed by atoms with E-state index in [0.717, 1.165) is 18.5 Å². The molecule has 0 aliphatic rings. The number of hydrogen-bond acceptors (Lipinski definition) is 2. The standard InChI is InChI=1S/C14H18N2/c1-4-12-10(3)14(15-5-2)11-8-6-7-9-13(11)16-12/h6-9H,4-5H2,1-3H3,(H,15,16). The molecule has 0 bridgehead atoms. The van der Waals surface area contributed by atoms with E-state index in [2.05, 4.69) is 44.3 Å². The van der Waals surface area contributed by atoms with Gasteiger partial charge in [0.2, 0.25) is 0 Å². The maximum atomic E-state index is 4.70. The summed E-state index contributed by atoms with van der Waals surface area (Å²) in [5, 5.41) is 4.67. The number of fused-ring (bicyclic) bond motifs is 1. The number of nitrogens with one attached hydrogen (secondary N) is 1. The average Bonchev–Trinajstić information content (AvgIpc) is 2.32. The average molecular weight is 214 g/mol. The van der Waals surface area contributed by atoms with Gasteiger partial charge in [0.15, 0.2) is 0 Å². The van der Waals surface area contributed by atoms with Crippen LogP contribution in [0.25, 0.3) is 10.9 Å². The number of para-hydroxylation sites is 1. The van der Waals surface area contributed by atoms with Crippen LogP contribution in [0.1, 0.15) is 25.1 Å². The quantitative estimate of drug-likeness (QED) is 0.845. The van der Waals surface area contributed by atoms with Crippen LogP contribution >= 0.6 is 0 Å².